The van der Waals surface area contributed by atoms with Crippen molar-refractivity contribution >= 4 is 0 Å². The Labute approximate surface area is 134 Å². The lowest BCUT2D eigenvalue weighted by Gasteiger charge is -2.07. The molecular weight excluding hydrogens is 274 g/mol. The van der Waals surface area contributed by atoms with Gasteiger partial charge < -0.3 is 14.0 Å². The van der Waals surface area contributed by atoms with E-state index in [9.17, 15) is 0 Å². The molecule has 0 saturated heterocycles. The zero-order chi connectivity index (χ0) is 16.4. The number of benzene rings is 1. The largest absolute Gasteiger partial charge is 0.488 e. The fraction of sp³-hybridized carbons (Fsp3) is 0.474. The fourth-order valence-corrected chi connectivity index (χ4v) is 2.24. The van der Waals surface area contributed by atoms with Crippen molar-refractivity contribution in [1.82, 2.24) is 4.57 Å². The number of nitrogens with zero attached hydrogens (tertiary/aromatic N) is 1. The smallest absolute Gasteiger partial charge is 0.181 e. The number of ether oxygens (including phenoxy) is 2. The van der Waals surface area contributed by atoms with Gasteiger partial charge in [-0.2, -0.15) is 0 Å². The maximum atomic E-state index is 5.75. The molecule has 0 fully saturated rings. The van der Waals surface area contributed by atoms with E-state index in [1.54, 1.807) is 0 Å². The van der Waals surface area contributed by atoms with Gasteiger partial charge in [0.1, 0.15) is 0 Å². The Kier molecular flexibility index (Phi) is 8.19. The molecule has 0 saturated carbocycles. The topological polar surface area (TPSA) is 23.4 Å². The summed E-state index contributed by atoms with van der Waals surface area (Å²) in [6.45, 7) is 12.4. The third-order valence-corrected chi connectivity index (χ3v) is 3.24. The predicted octanol–water partition coefficient (Wildman–Crippen LogP) is 5.06. The van der Waals surface area contributed by atoms with Crippen molar-refractivity contribution in [1.29, 1.82) is 0 Å². The molecule has 1 aliphatic rings. The van der Waals surface area contributed by atoms with E-state index in [1.807, 2.05) is 40.0 Å². The molecule has 0 aliphatic carbocycles. The molecule has 3 rings (SSSR count). The van der Waals surface area contributed by atoms with Gasteiger partial charge in [0.05, 0.1) is 25.1 Å². The van der Waals surface area contributed by atoms with Gasteiger partial charge in [-0.25, -0.2) is 0 Å². The summed E-state index contributed by atoms with van der Waals surface area (Å²) < 4.78 is 13.6. The summed E-state index contributed by atoms with van der Waals surface area (Å²) in [7, 11) is 0. The normalized spacial score (nSPS) is 12.2. The van der Waals surface area contributed by atoms with Crippen LogP contribution in [0.25, 0.3) is 0 Å². The molecule has 1 aliphatic heterocycles. The molecule has 1 aromatic heterocycles. The van der Waals surface area contributed by atoms with E-state index in [1.165, 1.54) is 5.56 Å². The minimum atomic E-state index is 0.738. The van der Waals surface area contributed by atoms with Crippen LogP contribution in [0.3, 0.4) is 0 Å². The van der Waals surface area contributed by atoms with E-state index in [2.05, 4.69) is 35.8 Å². The van der Waals surface area contributed by atoms with Crippen molar-refractivity contribution in [2.75, 3.05) is 13.2 Å². The van der Waals surface area contributed by atoms with Gasteiger partial charge in [0.15, 0.2) is 11.5 Å². The Hall–Kier alpha value is -1.90. The highest BCUT2D eigenvalue weighted by Crippen LogP contribution is 2.35. The minimum absolute atomic E-state index is 0.738. The number of rotatable bonds is 2. The minimum Gasteiger partial charge on any atom is -0.488 e. The van der Waals surface area contributed by atoms with Crippen LogP contribution in [0.4, 0.5) is 0 Å². The van der Waals surface area contributed by atoms with Crippen molar-refractivity contribution in [2.24, 2.45) is 0 Å². The van der Waals surface area contributed by atoms with Crippen LogP contribution in [0.15, 0.2) is 36.5 Å². The highest BCUT2D eigenvalue weighted by molar-refractivity contribution is 5.45. The van der Waals surface area contributed by atoms with Gasteiger partial charge in [-0.3, -0.25) is 0 Å². The number of fused-ring (bicyclic) bond motifs is 1. The maximum absolute atomic E-state index is 5.75. The van der Waals surface area contributed by atoms with Crippen LogP contribution in [0.1, 0.15) is 45.4 Å². The Morgan fingerprint density at radius 2 is 1.59 bits per heavy atom. The van der Waals surface area contributed by atoms with Crippen LogP contribution in [-0.2, 0) is 6.54 Å². The van der Waals surface area contributed by atoms with Gasteiger partial charge in [0, 0.05) is 13.0 Å². The van der Waals surface area contributed by atoms with Gasteiger partial charge in [-0.05, 0) is 12.5 Å². The van der Waals surface area contributed by atoms with E-state index in [-0.39, 0.29) is 0 Å². The molecular formula is C19H29NO2. The monoisotopic (exact) mass is 303 g/mol. The van der Waals surface area contributed by atoms with Gasteiger partial charge in [0.25, 0.3) is 0 Å². The van der Waals surface area contributed by atoms with Gasteiger partial charge in [0.2, 0.25) is 0 Å². The van der Waals surface area contributed by atoms with E-state index in [0.29, 0.717) is 0 Å². The average molecular weight is 303 g/mol. The zero-order valence-electron chi connectivity index (χ0n) is 14.6. The molecule has 0 amide bonds. The molecule has 0 spiro atoms. The molecule has 1 aromatic carbocycles. The van der Waals surface area contributed by atoms with Crippen molar-refractivity contribution in [3.63, 3.8) is 0 Å². The molecule has 3 nitrogen and oxygen atoms in total. The first-order valence-electron chi connectivity index (χ1n) is 8.34. The molecule has 0 atom stereocenters. The summed E-state index contributed by atoms with van der Waals surface area (Å²) >= 11 is 0. The maximum Gasteiger partial charge on any atom is 0.181 e. The summed E-state index contributed by atoms with van der Waals surface area (Å²) in [6, 6.07) is 10.4. The number of aromatic nitrogens is 1. The molecule has 0 radical (unpaired) electrons. The quantitative estimate of drug-likeness (QED) is 0.774. The standard InChI is InChI=1S/C15H17NO2.2C2H6/c1-12-15-14(17-8-5-9-18-15)11-16(12)10-13-6-3-2-4-7-13;2*1-2/h2-4,6-7,11H,5,8-10H2,1H3;2*1-2H3. The van der Waals surface area contributed by atoms with Crippen LogP contribution >= 0.6 is 0 Å². The summed E-state index contributed by atoms with van der Waals surface area (Å²) in [5.74, 6) is 1.78. The molecule has 0 bridgehead atoms. The van der Waals surface area contributed by atoms with Crippen molar-refractivity contribution < 1.29 is 9.47 Å². The highest BCUT2D eigenvalue weighted by Gasteiger charge is 2.17. The lowest BCUT2D eigenvalue weighted by molar-refractivity contribution is 0.292. The van der Waals surface area contributed by atoms with Crippen molar-refractivity contribution in [3.8, 4) is 11.5 Å². The third kappa shape index (κ3) is 4.55. The summed E-state index contributed by atoms with van der Waals surface area (Å²) in [5.41, 5.74) is 2.42. The number of hydrogen-bond donors (Lipinski definition) is 0. The Morgan fingerprint density at radius 1 is 0.955 bits per heavy atom. The average Bonchev–Trinajstić information content (AvgIpc) is 2.76. The zero-order valence-corrected chi connectivity index (χ0v) is 14.6. The first-order chi connectivity index (χ1) is 10.8. The first kappa shape index (κ1) is 18.1. The SMILES string of the molecule is CC.CC.Cc1c2c(cn1Cc1ccccc1)OCCCO2. The lowest BCUT2D eigenvalue weighted by Crippen LogP contribution is -2.03. The van der Waals surface area contributed by atoms with Gasteiger partial charge in [-0.1, -0.05) is 58.0 Å². The van der Waals surface area contributed by atoms with Gasteiger partial charge in [-0.15, -0.1) is 0 Å². The molecule has 122 valence electrons. The molecule has 2 heterocycles. The summed E-state index contributed by atoms with van der Waals surface area (Å²) in [6.07, 6.45) is 3.00. The second-order valence-electron chi connectivity index (χ2n) is 4.57. The van der Waals surface area contributed by atoms with Crippen molar-refractivity contribution in [3.05, 3.63) is 47.8 Å². The lowest BCUT2D eigenvalue weighted by atomic mass is 10.2. The molecule has 2 aromatic rings. The Morgan fingerprint density at radius 3 is 2.27 bits per heavy atom. The van der Waals surface area contributed by atoms with Crippen LogP contribution < -0.4 is 9.47 Å². The fourth-order valence-electron chi connectivity index (χ4n) is 2.24. The summed E-state index contributed by atoms with van der Waals surface area (Å²) in [4.78, 5) is 0. The van der Waals surface area contributed by atoms with Gasteiger partial charge >= 0.3 is 0 Å². The van der Waals surface area contributed by atoms with E-state index in [0.717, 1.165) is 43.4 Å². The molecule has 0 N–H and O–H groups in total. The van der Waals surface area contributed by atoms with Crippen LogP contribution in [-0.4, -0.2) is 17.8 Å². The molecule has 3 heteroatoms. The second kappa shape index (κ2) is 9.93. The Balaban J connectivity index is 0.000000561. The van der Waals surface area contributed by atoms with Crippen LogP contribution in [0, 0.1) is 6.92 Å². The van der Waals surface area contributed by atoms with E-state index in [4.69, 9.17) is 9.47 Å². The molecule has 0 unspecified atom stereocenters. The molecule has 22 heavy (non-hydrogen) atoms. The Bertz CT molecular complexity index is 532. The van der Waals surface area contributed by atoms with Crippen molar-refractivity contribution in [2.45, 2.75) is 47.6 Å². The van der Waals surface area contributed by atoms with Crippen LogP contribution in [0.5, 0.6) is 11.5 Å². The summed E-state index contributed by atoms with van der Waals surface area (Å²) in [5, 5.41) is 0. The van der Waals surface area contributed by atoms with E-state index >= 15 is 0 Å². The second-order valence-corrected chi connectivity index (χ2v) is 4.57. The predicted molar refractivity (Wildman–Crippen MR) is 93.0 cm³/mol. The third-order valence-electron chi connectivity index (χ3n) is 3.24. The van der Waals surface area contributed by atoms with Crippen LogP contribution in [0.2, 0.25) is 0 Å². The number of hydrogen-bond acceptors (Lipinski definition) is 2. The first-order valence-corrected chi connectivity index (χ1v) is 8.34. The van der Waals surface area contributed by atoms with E-state index < -0.39 is 0 Å². The highest BCUT2D eigenvalue weighted by atomic mass is 16.5.